The van der Waals surface area contributed by atoms with E-state index in [1.807, 2.05) is 6.92 Å². The summed E-state index contributed by atoms with van der Waals surface area (Å²) in [6, 6.07) is 4.99. The smallest absolute Gasteiger partial charge is 0.309 e. The first kappa shape index (κ1) is 19.3. The minimum absolute atomic E-state index is 0.00466. The highest BCUT2D eigenvalue weighted by atomic mass is 35.5. The summed E-state index contributed by atoms with van der Waals surface area (Å²) < 4.78 is 10.6. The molecule has 1 aromatic rings. The number of aliphatic hydroxyl groups is 1. The first-order chi connectivity index (χ1) is 11.5. The van der Waals surface area contributed by atoms with Gasteiger partial charge in [-0.2, -0.15) is 0 Å². The highest BCUT2D eigenvalue weighted by molar-refractivity contribution is 6.35. The number of rotatable bonds is 7. The van der Waals surface area contributed by atoms with Crippen molar-refractivity contribution in [2.24, 2.45) is 5.92 Å². The molecule has 2 N–H and O–H groups in total. The molecule has 0 unspecified atom stereocenters. The summed E-state index contributed by atoms with van der Waals surface area (Å²) in [5.41, 5.74) is 0. The molecular weight excluding hydrogens is 353 g/mol. The Bertz CT molecular complexity index is 547. The number of benzene rings is 1. The van der Waals surface area contributed by atoms with Crippen molar-refractivity contribution >= 4 is 29.2 Å². The van der Waals surface area contributed by atoms with Gasteiger partial charge in [0.2, 0.25) is 0 Å². The normalized spacial score (nSPS) is 22.0. The molecule has 0 aliphatic carbocycles. The van der Waals surface area contributed by atoms with Crippen molar-refractivity contribution in [2.45, 2.75) is 25.9 Å². The molecule has 0 bridgehead atoms. The third kappa shape index (κ3) is 5.81. The van der Waals surface area contributed by atoms with Crippen molar-refractivity contribution in [2.75, 3.05) is 32.8 Å². The van der Waals surface area contributed by atoms with Crippen LogP contribution in [0.5, 0.6) is 5.75 Å². The zero-order valence-electron chi connectivity index (χ0n) is 13.8. The summed E-state index contributed by atoms with van der Waals surface area (Å²) in [4.78, 5) is 13.0. The maximum atomic E-state index is 11.7. The van der Waals surface area contributed by atoms with Gasteiger partial charge in [-0.3, -0.25) is 4.79 Å². The van der Waals surface area contributed by atoms with Crippen LogP contribution in [0.2, 0.25) is 10.0 Å². The Labute approximate surface area is 152 Å². The van der Waals surface area contributed by atoms with E-state index in [0.717, 1.165) is 25.9 Å². The van der Waals surface area contributed by atoms with Gasteiger partial charge in [0.15, 0.2) is 0 Å². The molecule has 0 spiro atoms. The number of esters is 1. The number of piperidine rings is 1. The molecule has 5 nitrogen and oxygen atoms in total. The summed E-state index contributed by atoms with van der Waals surface area (Å²) in [5.74, 6) is 0.406. The molecule has 1 aliphatic rings. The molecule has 1 heterocycles. The fraction of sp³-hybridized carbons (Fsp3) is 0.588. The van der Waals surface area contributed by atoms with Gasteiger partial charge in [0.25, 0.3) is 0 Å². The van der Waals surface area contributed by atoms with E-state index >= 15 is 0 Å². The molecule has 1 aromatic carbocycles. The van der Waals surface area contributed by atoms with E-state index in [2.05, 4.69) is 0 Å². The van der Waals surface area contributed by atoms with Gasteiger partial charge in [0.05, 0.1) is 30.6 Å². The number of hydrogen-bond acceptors (Lipinski definition) is 4. The number of halogens is 2. The molecule has 1 atom stereocenters. The van der Waals surface area contributed by atoms with Crippen molar-refractivity contribution < 1.29 is 24.3 Å². The first-order valence-corrected chi connectivity index (χ1v) is 9.01. The number of hydrogen-bond donors (Lipinski definition) is 2. The van der Waals surface area contributed by atoms with Crippen molar-refractivity contribution in [1.82, 2.24) is 0 Å². The van der Waals surface area contributed by atoms with E-state index in [-0.39, 0.29) is 18.5 Å². The standard InChI is InChI=1S/C17H23Cl2NO4/c1-2-23-17(22)12-5-7-20(8-6-12)10-14(21)11-24-16-4-3-13(18)9-15(16)19/h3-4,9,12,14,21H,2,5-8,10-11H2,1H3/p+1/t14-/m0/s1. The number of quaternary nitrogens is 1. The minimum atomic E-state index is -0.592. The summed E-state index contributed by atoms with van der Waals surface area (Å²) >= 11 is 11.9. The average molecular weight is 377 g/mol. The molecule has 0 aromatic heterocycles. The molecule has 1 aliphatic heterocycles. The van der Waals surface area contributed by atoms with E-state index in [1.54, 1.807) is 18.2 Å². The fourth-order valence-corrected chi connectivity index (χ4v) is 3.36. The summed E-state index contributed by atoms with van der Waals surface area (Å²) in [7, 11) is 0. The van der Waals surface area contributed by atoms with Gasteiger partial charge in [0.1, 0.15) is 25.0 Å². The zero-order valence-corrected chi connectivity index (χ0v) is 15.3. The molecule has 7 heteroatoms. The third-order valence-corrected chi connectivity index (χ3v) is 4.69. The Morgan fingerprint density at radius 2 is 2.08 bits per heavy atom. The Kier molecular flexibility index (Phi) is 7.62. The monoisotopic (exact) mass is 376 g/mol. The van der Waals surface area contributed by atoms with Crippen LogP contribution in [-0.2, 0) is 9.53 Å². The second-order valence-electron chi connectivity index (χ2n) is 6.02. The van der Waals surface area contributed by atoms with Crippen LogP contribution in [0.3, 0.4) is 0 Å². The van der Waals surface area contributed by atoms with Gasteiger partial charge < -0.3 is 19.5 Å². The predicted octanol–water partition coefficient (Wildman–Crippen LogP) is 1.59. The van der Waals surface area contributed by atoms with Gasteiger partial charge >= 0.3 is 5.97 Å². The van der Waals surface area contributed by atoms with Crippen molar-refractivity contribution in [3.8, 4) is 5.75 Å². The van der Waals surface area contributed by atoms with Crippen LogP contribution < -0.4 is 9.64 Å². The van der Waals surface area contributed by atoms with Crippen LogP contribution in [0.25, 0.3) is 0 Å². The molecule has 1 saturated heterocycles. The van der Waals surface area contributed by atoms with Crippen LogP contribution >= 0.6 is 23.2 Å². The Morgan fingerprint density at radius 1 is 1.38 bits per heavy atom. The maximum absolute atomic E-state index is 11.7. The van der Waals surface area contributed by atoms with Crippen LogP contribution in [0.4, 0.5) is 0 Å². The van der Waals surface area contributed by atoms with E-state index in [9.17, 15) is 9.90 Å². The Hall–Kier alpha value is -1.01. The van der Waals surface area contributed by atoms with Gasteiger partial charge in [-0.15, -0.1) is 0 Å². The average Bonchev–Trinajstić information content (AvgIpc) is 2.55. The van der Waals surface area contributed by atoms with Crippen LogP contribution in [0.1, 0.15) is 19.8 Å². The second-order valence-corrected chi connectivity index (χ2v) is 6.86. The van der Waals surface area contributed by atoms with E-state index < -0.39 is 6.10 Å². The molecule has 2 rings (SSSR count). The number of likely N-dealkylation sites (tertiary alicyclic amines) is 1. The molecule has 0 saturated carbocycles. The summed E-state index contributed by atoms with van der Waals surface area (Å²) in [6.45, 7) is 4.70. The first-order valence-electron chi connectivity index (χ1n) is 8.25. The Balaban J connectivity index is 1.71. The highest BCUT2D eigenvalue weighted by Gasteiger charge is 2.29. The number of ether oxygens (including phenoxy) is 2. The lowest BCUT2D eigenvalue weighted by atomic mass is 9.97. The van der Waals surface area contributed by atoms with Crippen LogP contribution in [-0.4, -0.2) is 50.0 Å². The minimum Gasteiger partial charge on any atom is -0.489 e. The van der Waals surface area contributed by atoms with E-state index in [0.29, 0.717) is 28.9 Å². The SMILES string of the molecule is CCOC(=O)C1CC[NH+](C[C@H](O)COc2ccc(Cl)cc2Cl)CC1. The predicted molar refractivity (Wildman–Crippen MR) is 92.9 cm³/mol. The van der Waals surface area contributed by atoms with Crippen LogP contribution in [0, 0.1) is 5.92 Å². The summed E-state index contributed by atoms with van der Waals surface area (Å²) in [5, 5.41) is 11.1. The van der Waals surface area contributed by atoms with Gasteiger partial charge in [0, 0.05) is 17.9 Å². The molecule has 134 valence electrons. The lowest BCUT2D eigenvalue weighted by Gasteiger charge is -2.29. The zero-order chi connectivity index (χ0) is 17.5. The van der Waals surface area contributed by atoms with Crippen molar-refractivity contribution in [3.05, 3.63) is 28.2 Å². The lowest BCUT2D eigenvalue weighted by Crippen LogP contribution is -3.14. The van der Waals surface area contributed by atoms with Crippen LogP contribution in [0.15, 0.2) is 18.2 Å². The largest absolute Gasteiger partial charge is 0.489 e. The quantitative estimate of drug-likeness (QED) is 0.709. The van der Waals surface area contributed by atoms with E-state index in [1.165, 1.54) is 4.90 Å². The van der Waals surface area contributed by atoms with Crippen molar-refractivity contribution in [1.29, 1.82) is 0 Å². The molecule has 24 heavy (non-hydrogen) atoms. The Morgan fingerprint density at radius 3 is 2.71 bits per heavy atom. The number of carbonyl (C=O) groups excluding carboxylic acids is 1. The highest BCUT2D eigenvalue weighted by Crippen LogP contribution is 2.27. The second kappa shape index (κ2) is 9.47. The number of carbonyl (C=O) groups is 1. The molecule has 1 fully saturated rings. The van der Waals surface area contributed by atoms with E-state index in [4.69, 9.17) is 32.7 Å². The molecule has 0 amide bonds. The molecule has 0 radical (unpaired) electrons. The molecular formula is C17H24Cl2NO4+. The topological polar surface area (TPSA) is 60.2 Å². The van der Waals surface area contributed by atoms with Gasteiger partial charge in [-0.1, -0.05) is 23.2 Å². The van der Waals surface area contributed by atoms with Gasteiger partial charge in [-0.25, -0.2) is 0 Å². The van der Waals surface area contributed by atoms with Crippen molar-refractivity contribution in [3.63, 3.8) is 0 Å². The number of aliphatic hydroxyl groups excluding tert-OH is 1. The fourth-order valence-electron chi connectivity index (χ4n) is 2.90. The van der Waals surface area contributed by atoms with Gasteiger partial charge in [-0.05, 0) is 25.1 Å². The third-order valence-electron chi connectivity index (χ3n) is 4.16. The number of nitrogens with one attached hydrogen (secondary N) is 1. The summed E-state index contributed by atoms with van der Waals surface area (Å²) in [6.07, 6.45) is 1.00. The maximum Gasteiger partial charge on any atom is 0.309 e. The lowest BCUT2D eigenvalue weighted by molar-refractivity contribution is -0.908.